The Labute approximate surface area is 172 Å². The first-order valence-corrected chi connectivity index (χ1v) is 11.0. The van der Waals surface area contributed by atoms with Crippen molar-refractivity contribution in [2.45, 2.75) is 52.0 Å². The highest BCUT2D eigenvalue weighted by molar-refractivity contribution is 7.89. The summed E-state index contributed by atoms with van der Waals surface area (Å²) < 4.78 is 37.7. The number of aryl methyl sites for hydroxylation is 1. The summed E-state index contributed by atoms with van der Waals surface area (Å²) in [5, 5.41) is 2.63. The van der Waals surface area contributed by atoms with Gasteiger partial charge in [0, 0.05) is 18.8 Å². The van der Waals surface area contributed by atoms with Gasteiger partial charge in [-0.1, -0.05) is 26.8 Å². The average molecular weight is 427 g/mol. The molecule has 0 unspecified atom stereocenters. The van der Waals surface area contributed by atoms with E-state index >= 15 is 0 Å². The Bertz CT molecular complexity index is 854. The van der Waals surface area contributed by atoms with E-state index in [1.165, 1.54) is 17.3 Å². The van der Waals surface area contributed by atoms with E-state index in [2.05, 4.69) is 5.32 Å². The number of rotatable bonds is 6. The molecular formula is C20H30N2O6S. The lowest BCUT2D eigenvalue weighted by molar-refractivity contribution is -0.154. The first-order valence-electron chi connectivity index (χ1n) is 9.59. The van der Waals surface area contributed by atoms with Gasteiger partial charge < -0.3 is 14.8 Å². The van der Waals surface area contributed by atoms with Crippen LogP contribution in [0.5, 0.6) is 0 Å². The molecule has 0 radical (unpaired) electrons. The lowest BCUT2D eigenvalue weighted by Gasteiger charge is -2.27. The highest BCUT2D eigenvalue weighted by atomic mass is 32.2. The summed E-state index contributed by atoms with van der Waals surface area (Å²) >= 11 is 0. The summed E-state index contributed by atoms with van der Waals surface area (Å²) in [4.78, 5) is 24.5. The van der Waals surface area contributed by atoms with E-state index in [1.54, 1.807) is 19.1 Å². The number of morpholine rings is 1. The zero-order valence-electron chi connectivity index (χ0n) is 17.6. The third-order valence-corrected chi connectivity index (χ3v) is 6.44. The van der Waals surface area contributed by atoms with Crippen LogP contribution in [0, 0.1) is 12.3 Å². The summed E-state index contributed by atoms with van der Waals surface area (Å²) in [6.07, 6.45) is -0.803. The summed E-state index contributed by atoms with van der Waals surface area (Å²) in [7, 11) is -3.69. The Hall–Kier alpha value is -1.97. The van der Waals surface area contributed by atoms with Crippen LogP contribution >= 0.6 is 0 Å². The van der Waals surface area contributed by atoms with Crippen LogP contribution in [0.2, 0.25) is 0 Å². The van der Waals surface area contributed by atoms with Gasteiger partial charge in [-0.2, -0.15) is 4.31 Å². The number of carbonyl (C=O) groups is 2. The second-order valence-corrected chi connectivity index (χ2v) is 10.3. The standard InChI is InChI=1S/C20H30N2O6S/c1-14-6-7-16(12-17(14)29(25,26)22-8-10-27-11-9-22)21-19(24)15(2)28-18(23)13-20(3,4)5/h6-7,12,15H,8-11,13H2,1-5H3,(H,21,24)/t15-/m1/s1. The highest BCUT2D eigenvalue weighted by Crippen LogP contribution is 2.25. The molecule has 0 aliphatic carbocycles. The van der Waals surface area contributed by atoms with Crippen molar-refractivity contribution < 1.29 is 27.5 Å². The Morgan fingerprint density at radius 2 is 1.86 bits per heavy atom. The van der Waals surface area contributed by atoms with Gasteiger partial charge >= 0.3 is 5.97 Å². The van der Waals surface area contributed by atoms with Crippen LogP contribution in [0.3, 0.4) is 0 Å². The monoisotopic (exact) mass is 426 g/mol. The maximum Gasteiger partial charge on any atom is 0.307 e. The van der Waals surface area contributed by atoms with Gasteiger partial charge in [0.2, 0.25) is 10.0 Å². The van der Waals surface area contributed by atoms with Crippen LogP contribution in [0.4, 0.5) is 5.69 Å². The Morgan fingerprint density at radius 1 is 1.24 bits per heavy atom. The molecule has 1 fully saturated rings. The highest BCUT2D eigenvalue weighted by Gasteiger charge is 2.28. The predicted octanol–water partition coefficient (Wildman–Crippen LogP) is 2.32. The number of hydrogen-bond acceptors (Lipinski definition) is 6. The van der Waals surface area contributed by atoms with Gasteiger partial charge in [-0.3, -0.25) is 9.59 Å². The molecule has 1 saturated heterocycles. The van der Waals surface area contributed by atoms with Crippen molar-refractivity contribution in [3.63, 3.8) is 0 Å². The van der Waals surface area contributed by atoms with Crippen molar-refractivity contribution in [2.75, 3.05) is 31.6 Å². The zero-order chi connectivity index (χ0) is 21.8. The maximum absolute atomic E-state index is 12.9. The van der Waals surface area contributed by atoms with Gasteiger partial charge in [-0.05, 0) is 37.0 Å². The molecule has 29 heavy (non-hydrogen) atoms. The van der Waals surface area contributed by atoms with Crippen LogP contribution in [-0.2, 0) is 29.1 Å². The summed E-state index contributed by atoms with van der Waals surface area (Å²) in [5.41, 5.74) is 0.665. The molecule has 2 rings (SSSR count). The predicted molar refractivity (Wildman–Crippen MR) is 109 cm³/mol. The molecule has 1 N–H and O–H groups in total. The summed E-state index contributed by atoms with van der Waals surface area (Å²) in [6.45, 7) is 10.2. The lowest BCUT2D eigenvalue weighted by Crippen LogP contribution is -2.40. The summed E-state index contributed by atoms with van der Waals surface area (Å²) in [6, 6.07) is 4.69. The number of nitrogens with one attached hydrogen (secondary N) is 1. The molecule has 1 aliphatic rings. The first-order chi connectivity index (χ1) is 13.4. The van der Waals surface area contributed by atoms with Crippen LogP contribution in [0.15, 0.2) is 23.1 Å². The second-order valence-electron chi connectivity index (χ2n) is 8.36. The number of carbonyl (C=O) groups excluding carboxylic acids is 2. The molecule has 162 valence electrons. The molecule has 0 bridgehead atoms. The average Bonchev–Trinajstić information content (AvgIpc) is 2.62. The fourth-order valence-corrected chi connectivity index (χ4v) is 4.51. The van der Waals surface area contributed by atoms with Crippen LogP contribution in [0.1, 0.15) is 39.7 Å². The van der Waals surface area contributed by atoms with E-state index in [-0.39, 0.29) is 16.7 Å². The van der Waals surface area contributed by atoms with E-state index < -0.39 is 28.0 Å². The van der Waals surface area contributed by atoms with E-state index in [1.807, 2.05) is 20.8 Å². The Balaban J connectivity index is 2.11. The van der Waals surface area contributed by atoms with E-state index in [9.17, 15) is 18.0 Å². The molecule has 1 atom stereocenters. The van der Waals surface area contributed by atoms with Crippen molar-refractivity contribution in [2.24, 2.45) is 5.41 Å². The van der Waals surface area contributed by atoms with Crippen LogP contribution in [-0.4, -0.2) is 57.0 Å². The Kier molecular flexibility index (Phi) is 7.42. The van der Waals surface area contributed by atoms with Crippen molar-refractivity contribution in [1.82, 2.24) is 4.31 Å². The van der Waals surface area contributed by atoms with Crippen molar-refractivity contribution >= 4 is 27.6 Å². The van der Waals surface area contributed by atoms with Crippen molar-refractivity contribution in [1.29, 1.82) is 0 Å². The molecule has 8 nitrogen and oxygen atoms in total. The first kappa shape index (κ1) is 23.3. The van der Waals surface area contributed by atoms with Crippen molar-refractivity contribution in [3.8, 4) is 0 Å². The molecule has 9 heteroatoms. The molecule has 1 aromatic carbocycles. The minimum Gasteiger partial charge on any atom is -0.453 e. The number of anilines is 1. The van der Waals surface area contributed by atoms with Crippen LogP contribution < -0.4 is 5.32 Å². The molecule has 0 aromatic heterocycles. The SMILES string of the molecule is Cc1ccc(NC(=O)[C@@H](C)OC(=O)CC(C)(C)C)cc1S(=O)(=O)N1CCOCC1. The minimum atomic E-state index is -3.69. The van der Waals surface area contributed by atoms with E-state index in [0.717, 1.165) is 0 Å². The number of amides is 1. The molecule has 1 amide bonds. The van der Waals surface area contributed by atoms with E-state index in [4.69, 9.17) is 9.47 Å². The van der Waals surface area contributed by atoms with Gasteiger partial charge in [0.15, 0.2) is 6.10 Å². The topological polar surface area (TPSA) is 102 Å². The third kappa shape index (κ3) is 6.52. The maximum atomic E-state index is 12.9. The second kappa shape index (κ2) is 9.23. The number of sulfonamides is 1. The summed E-state index contributed by atoms with van der Waals surface area (Å²) in [5.74, 6) is -0.981. The van der Waals surface area contributed by atoms with Gasteiger partial charge in [0.1, 0.15) is 0 Å². The number of hydrogen-bond donors (Lipinski definition) is 1. The third-order valence-electron chi connectivity index (χ3n) is 4.40. The molecular weight excluding hydrogens is 396 g/mol. The molecule has 1 aliphatic heterocycles. The quantitative estimate of drug-likeness (QED) is 0.701. The normalized spacial score (nSPS) is 16.9. The fourth-order valence-electron chi connectivity index (χ4n) is 2.85. The van der Waals surface area contributed by atoms with Gasteiger partial charge in [-0.25, -0.2) is 8.42 Å². The number of esters is 1. The Morgan fingerprint density at radius 3 is 2.45 bits per heavy atom. The van der Waals surface area contributed by atoms with Gasteiger partial charge in [0.25, 0.3) is 5.91 Å². The van der Waals surface area contributed by atoms with Crippen LogP contribution in [0.25, 0.3) is 0 Å². The van der Waals surface area contributed by atoms with E-state index in [0.29, 0.717) is 37.6 Å². The zero-order valence-corrected chi connectivity index (χ0v) is 18.5. The van der Waals surface area contributed by atoms with Gasteiger partial charge in [-0.15, -0.1) is 0 Å². The molecule has 0 spiro atoms. The minimum absolute atomic E-state index is 0.134. The number of ether oxygens (including phenoxy) is 2. The van der Waals surface area contributed by atoms with Crippen molar-refractivity contribution in [3.05, 3.63) is 23.8 Å². The largest absolute Gasteiger partial charge is 0.453 e. The smallest absolute Gasteiger partial charge is 0.307 e. The lowest BCUT2D eigenvalue weighted by atomic mass is 9.92. The molecule has 1 aromatic rings. The number of benzene rings is 1. The molecule has 0 saturated carbocycles. The molecule has 1 heterocycles. The fraction of sp³-hybridized carbons (Fsp3) is 0.600. The number of nitrogens with zero attached hydrogens (tertiary/aromatic N) is 1. The van der Waals surface area contributed by atoms with Gasteiger partial charge in [0.05, 0.1) is 24.5 Å².